The Kier molecular flexibility index (Phi) is 3.17. The van der Waals surface area contributed by atoms with E-state index in [4.69, 9.17) is 5.26 Å². The zero-order valence-corrected chi connectivity index (χ0v) is 9.57. The third kappa shape index (κ3) is 2.86. The highest BCUT2D eigenvalue weighted by molar-refractivity contribution is 5.68. The molecule has 1 N–H and O–H groups in total. The molecule has 0 saturated heterocycles. The number of alkyl halides is 3. The Balaban J connectivity index is 2.54. The molecular weight excluding hydrogens is 255 g/mol. The minimum atomic E-state index is -4.43. The summed E-state index contributed by atoms with van der Waals surface area (Å²) < 4.78 is 37.8. The first-order valence-corrected chi connectivity index (χ1v) is 5.32. The lowest BCUT2D eigenvalue weighted by Gasteiger charge is -2.09. The van der Waals surface area contributed by atoms with E-state index >= 15 is 0 Å². The number of hydrogen-bond donors (Lipinski definition) is 1. The summed E-state index contributed by atoms with van der Waals surface area (Å²) in [6.07, 6.45) is -4.43. The van der Waals surface area contributed by atoms with Crippen molar-refractivity contribution in [1.82, 2.24) is 0 Å². The molecule has 2 aromatic carbocycles. The van der Waals surface area contributed by atoms with E-state index in [1.165, 1.54) is 30.3 Å². The third-order valence-electron chi connectivity index (χ3n) is 2.57. The van der Waals surface area contributed by atoms with Crippen molar-refractivity contribution in [3.63, 3.8) is 0 Å². The standard InChI is InChI=1S/C14H8F3NO/c15-14(16,17)12-3-1-2-10(6-12)11-4-9(8-18)5-13(19)7-11/h1-7,19H. The van der Waals surface area contributed by atoms with Crippen molar-refractivity contribution in [1.29, 1.82) is 5.26 Å². The number of benzene rings is 2. The number of phenolic OH excluding ortho intramolecular Hbond substituents is 1. The highest BCUT2D eigenvalue weighted by Crippen LogP contribution is 2.33. The van der Waals surface area contributed by atoms with Gasteiger partial charge in [-0.3, -0.25) is 0 Å². The van der Waals surface area contributed by atoms with Crippen LogP contribution in [0.25, 0.3) is 11.1 Å². The number of halogens is 3. The highest BCUT2D eigenvalue weighted by atomic mass is 19.4. The molecule has 0 spiro atoms. The second kappa shape index (κ2) is 4.65. The van der Waals surface area contributed by atoms with E-state index in [-0.39, 0.29) is 11.3 Å². The van der Waals surface area contributed by atoms with E-state index in [1.807, 2.05) is 6.07 Å². The van der Waals surface area contributed by atoms with Crippen LogP contribution in [0, 0.1) is 11.3 Å². The van der Waals surface area contributed by atoms with Crippen LogP contribution in [0.3, 0.4) is 0 Å². The molecule has 2 aromatic rings. The Morgan fingerprint density at radius 2 is 1.74 bits per heavy atom. The number of nitrogens with zero attached hydrogens (tertiary/aromatic N) is 1. The van der Waals surface area contributed by atoms with Crippen molar-refractivity contribution >= 4 is 0 Å². The minimum absolute atomic E-state index is 0.161. The summed E-state index contributed by atoms with van der Waals surface area (Å²) in [5.41, 5.74) is 0.0733. The quantitative estimate of drug-likeness (QED) is 0.846. The zero-order chi connectivity index (χ0) is 14.0. The van der Waals surface area contributed by atoms with Crippen LogP contribution in [0.5, 0.6) is 5.75 Å². The van der Waals surface area contributed by atoms with Crippen molar-refractivity contribution in [2.75, 3.05) is 0 Å². The van der Waals surface area contributed by atoms with Crippen molar-refractivity contribution in [2.45, 2.75) is 6.18 Å². The van der Waals surface area contributed by atoms with E-state index in [1.54, 1.807) is 0 Å². The maximum Gasteiger partial charge on any atom is 0.416 e. The maximum atomic E-state index is 12.6. The summed E-state index contributed by atoms with van der Waals surface area (Å²) in [6, 6.07) is 10.6. The molecule has 0 aliphatic heterocycles. The van der Waals surface area contributed by atoms with Gasteiger partial charge in [0.2, 0.25) is 0 Å². The molecule has 0 atom stereocenters. The van der Waals surface area contributed by atoms with E-state index in [2.05, 4.69) is 0 Å². The van der Waals surface area contributed by atoms with Crippen LogP contribution in [0.2, 0.25) is 0 Å². The van der Waals surface area contributed by atoms with E-state index in [0.717, 1.165) is 12.1 Å². The number of hydrogen-bond acceptors (Lipinski definition) is 2. The van der Waals surface area contributed by atoms with Crippen molar-refractivity contribution < 1.29 is 18.3 Å². The molecule has 0 saturated carbocycles. The minimum Gasteiger partial charge on any atom is -0.508 e. The van der Waals surface area contributed by atoms with Gasteiger partial charge in [0.25, 0.3) is 0 Å². The van der Waals surface area contributed by atoms with Gasteiger partial charge in [-0.1, -0.05) is 12.1 Å². The fraction of sp³-hybridized carbons (Fsp3) is 0.0714. The predicted octanol–water partition coefficient (Wildman–Crippen LogP) is 3.95. The topological polar surface area (TPSA) is 44.0 Å². The second-order valence-corrected chi connectivity index (χ2v) is 3.96. The third-order valence-corrected chi connectivity index (χ3v) is 2.57. The van der Waals surface area contributed by atoms with Crippen molar-refractivity contribution in [2.24, 2.45) is 0 Å². The zero-order valence-electron chi connectivity index (χ0n) is 9.57. The summed E-state index contributed by atoms with van der Waals surface area (Å²) in [7, 11) is 0. The molecule has 0 amide bonds. The average Bonchev–Trinajstić information content (AvgIpc) is 2.37. The van der Waals surface area contributed by atoms with Gasteiger partial charge in [-0.2, -0.15) is 18.4 Å². The van der Waals surface area contributed by atoms with E-state index in [0.29, 0.717) is 11.1 Å². The molecule has 0 radical (unpaired) electrons. The first-order valence-electron chi connectivity index (χ1n) is 5.32. The number of phenols is 1. The molecule has 0 fully saturated rings. The molecule has 0 heterocycles. The summed E-state index contributed by atoms with van der Waals surface area (Å²) in [4.78, 5) is 0. The molecular formula is C14H8F3NO. The molecule has 0 bridgehead atoms. The first-order chi connectivity index (χ1) is 8.90. The number of aromatic hydroxyl groups is 1. The molecule has 2 nitrogen and oxygen atoms in total. The first kappa shape index (κ1) is 13.0. The van der Waals surface area contributed by atoms with Crippen molar-refractivity contribution in [3.8, 4) is 22.9 Å². The summed E-state index contributed by atoms with van der Waals surface area (Å²) >= 11 is 0. The Hall–Kier alpha value is -2.48. The van der Waals surface area contributed by atoms with Gasteiger partial charge < -0.3 is 5.11 Å². The van der Waals surface area contributed by atoms with Crippen LogP contribution in [0.4, 0.5) is 13.2 Å². The molecule has 0 aliphatic carbocycles. The number of rotatable bonds is 1. The SMILES string of the molecule is N#Cc1cc(O)cc(-c2cccc(C(F)(F)F)c2)c1. The lowest BCUT2D eigenvalue weighted by Crippen LogP contribution is -2.04. The van der Waals surface area contributed by atoms with Gasteiger partial charge in [-0.05, 0) is 41.5 Å². The Labute approximate surface area is 107 Å². The normalized spacial score (nSPS) is 11.1. The van der Waals surface area contributed by atoms with E-state index < -0.39 is 11.7 Å². The van der Waals surface area contributed by atoms with Gasteiger partial charge in [0, 0.05) is 0 Å². The molecule has 5 heteroatoms. The lowest BCUT2D eigenvalue weighted by molar-refractivity contribution is -0.137. The van der Waals surface area contributed by atoms with Crippen molar-refractivity contribution in [3.05, 3.63) is 53.6 Å². The van der Waals surface area contributed by atoms with Gasteiger partial charge in [0.1, 0.15) is 5.75 Å². The summed E-state index contributed by atoms with van der Waals surface area (Å²) in [5.74, 6) is -0.161. The molecule has 19 heavy (non-hydrogen) atoms. The monoisotopic (exact) mass is 263 g/mol. The van der Waals surface area contributed by atoms with Gasteiger partial charge >= 0.3 is 6.18 Å². The molecule has 0 unspecified atom stereocenters. The van der Waals surface area contributed by atoms with Crippen LogP contribution >= 0.6 is 0 Å². The van der Waals surface area contributed by atoms with Crippen LogP contribution in [-0.2, 0) is 6.18 Å². The average molecular weight is 263 g/mol. The van der Waals surface area contributed by atoms with Gasteiger partial charge in [0.05, 0.1) is 17.2 Å². The van der Waals surface area contributed by atoms with E-state index in [9.17, 15) is 18.3 Å². The fourth-order valence-electron chi connectivity index (χ4n) is 1.72. The lowest BCUT2D eigenvalue weighted by atomic mass is 10.0. The highest BCUT2D eigenvalue weighted by Gasteiger charge is 2.30. The Morgan fingerprint density at radius 3 is 2.37 bits per heavy atom. The van der Waals surface area contributed by atoms with Gasteiger partial charge in [-0.25, -0.2) is 0 Å². The molecule has 2 rings (SSSR count). The summed E-state index contributed by atoms with van der Waals surface area (Å²) in [5, 5.41) is 18.2. The van der Waals surface area contributed by atoms with Gasteiger partial charge in [0.15, 0.2) is 0 Å². The van der Waals surface area contributed by atoms with Gasteiger partial charge in [-0.15, -0.1) is 0 Å². The van der Waals surface area contributed by atoms with Crippen LogP contribution in [0.15, 0.2) is 42.5 Å². The molecule has 0 aromatic heterocycles. The Bertz CT molecular complexity index is 656. The fourth-order valence-corrected chi connectivity index (χ4v) is 1.72. The van der Waals surface area contributed by atoms with Crippen LogP contribution in [-0.4, -0.2) is 5.11 Å². The largest absolute Gasteiger partial charge is 0.508 e. The Morgan fingerprint density at radius 1 is 1.00 bits per heavy atom. The summed E-state index contributed by atoms with van der Waals surface area (Å²) in [6.45, 7) is 0. The van der Waals surface area contributed by atoms with Crippen LogP contribution < -0.4 is 0 Å². The smallest absolute Gasteiger partial charge is 0.416 e. The number of nitriles is 1. The maximum absolute atomic E-state index is 12.6. The predicted molar refractivity (Wildman–Crippen MR) is 63.3 cm³/mol. The molecule has 0 aliphatic rings. The van der Waals surface area contributed by atoms with Crippen LogP contribution in [0.1, 0.15) is 11.1 Å². The molecule has 96 valence electrons. The second-order valence-electron chi connectivity index (χ2n) is 3.96.